The number of aryl methyl sites for hydroxylation is 1. The third-order valence-electron chi connectivity index (χ3n) is 4.90. The van der Waals surface area contributed by atoms with Crippen LogP contribution in [0.2, 0.25) is 0 Å². The lowest BCUT2D eigenvalue weighted by Gasteiger charge is -2.16. The molecule has 2 amide bonds. The molecule has 0 radical (unpaired) electrons. The number of hydrogen-bond donors (Lipinski definition) is 1. The van der Waals surface area contributed by atoms with E-state index in [9.17, 15) is 14.4 Å². The lowest BCUT2D eigenvalue weighted by molar-refractivity contribution is -0.117. The van der Waals surface area contributed by atoms with Gasteiger partial charge >= 0.3 is 5.97 Å². The molecule has 7 nitrogen and oxygen atoms in total. The number of benzene rings is 2. The maximum atomic E-state index is 12.6. The summed E-state index contributed by atoms with van der Waals surface area (Å²) in [6.45, 7) is 2.53. The monoisotopic (exact) mass is 404 g/mol. The van der Waals surface area contributed by atoms with E-state index in [1.165, 1.54) is 6.26 Å². The maximum Gasteiger partial charge on any atom is 0.343 e. The van der Waals surface area contributed by atoms with Gasteiger partial charge in [-0.2, -0.15) is 0 Å². The van der Waals surface area contributed by atoms with Gasteiger partial charge in [0.25, 0.3) is 5.91 Å². The van der Waals surface area contributed by atoms with Crippen LogP contribution in [0.4, 0.5) is 11.4 Å². The van der Waals surface area contributed by atoms with Crippen LogP contribution in [0, 0.1) is 6.92 Å². The van der Waals surface area contributed by atoms with E-state index < -0.39 is 11.9 Å². The summed E-state index contributed by atoms with van der Waals surface area (Å²) in [6.07, 6.45) is 2.82. The fraction of sp³-hybridized carbons (Fsp3) is 0.174. The molecule has 0 unspecified atom stereocenters. The van der Waals surface area contributed by atoms with Crippen molar-refractivity contribution in [3.05, 3.63) is 77.7 Å². The Morgan fingerprint density at radius 2 is 1.90 bits per heavy atom. The molecule has 1 aromatic heterocycles. The summed E-state index contributed by atoms with van der Waals surface area (Å²) in [5.74, 6) is -0.297. The molecule has 152 valence electrons. The Hall–Kier alpha value is -3.87. The van der Waals surface area contributed by atoms with E-state index in [4.69, 9.17) is 9.15 Å². The zero-order chi connectivity index (χ0) is 21.1. The first-order valence-corrected chi connectivity index (χ1v) is 9.59. The van der Waals surface area contributed by atoms with E-state index in [2.05, 4.69) is 5.32 Å². The SMILES string of the molecule is Cc1ccc(C(=O)Oc2ccc(N3CCCC3=O)cc2)cc1NC(=O)c1ccco1. The zero-order valence-corrected chi connectivity index (χ0v) is 16.4. The zero-order valence-electron chi connectivity index (χ0n) is 16.4. The quantitative estimate of drug-likeness (QED) is 0.509. The van der Waals surface area contributed by atoms with Crippen molar-refractivity contribution in [2.45, 2.75) is 19.8 Å². The summed E-state index contributed by atoms with van der Waals surface area (Å²) < 4.78 is 10.5. The molecule has 1 N–H and O–H groups in total. The fourth-order valence-electron chi connectivity index (χ4n) is 3.26. The Labute approximate surface area is 173 Å². The largest absolute Gasteiger partial charge is 0.459 e. The number of amides is 2. The van der Waals surface area contributed by atoms with E-state index >= 15 is 0 Å². The van der Waals surface area contributed by atoms with E-state index in [0.717, 1.165) is 17.7 Å². The molecule has 4 rings (SSSR count). The lowest BCUT2D eigenvalue weighted by atomic mass is 10.1. The number of carbonyl (C=O) groups excluding carboxylic acids is 3. The van der Waals surface area contributed by atoms with Crippen LogP contribution in [0.3, 0.4) is 0 Å². The molecule has 0 saturated carbocycles. The van der Waals surface area contributed by atoms with Crippen LogP contribution in [0.1, 0.15) is 39.3 Å². The molecule has 0 spiro atoms. The van der Waals surface area contributed by atoms with Gasteiger partial charge in [0.1, 0.15) is 5.75 Å². The van der Waals surface area contributed by atoms with Crippen molar-refractivity contribution < 1.29 is 23.5 Å². The van der Waals surface area contributed by atoms with Crippen molar-refractivity contribution in [1.82, 2.24) is 0 Å². The molecule has 0 atom stereocenters. The number of nitrogens with zero attached hydrogens (tertiary/aromatic N) is 1. The second-order valence-electron chi connectivity index (χ2n) is 6.99. The molecule has 0 bridgehead atoms. The van der Waals surface area contributed by atoms with Gasteiger partial charge in [0.2, 0.25) is 5.91 Å². The Morgan fingerprint density at radius 3 is 2.57 bits per heavy atom. The van der Waals surface area contributed by atoms with Gasteiger partial charge in [-0.15, -0.1) is 0 Å². The predicted molar refractivity (Wildman–Crippen MR) is 111 cm³/mol. The van der Waals surface area contributed by atoms with Crippen LogP contribution in [-0.2, 0) is 4.79 Å². The average Bonchev–Trinajstić information content (AvgIpc) is 3.42. The summed E-state index contributed by atoms with van der Waals surface area (Å²) in [4.78, 5) is 38.3. The highest BCUT2D eigenvalue weighted by Crippen LogP contribution is 2.25. The normalized spacial score (nSPS) is 13.4. The van der Waals surface area contributed by atoms with Crippen LogP contribution >= 0.6 is 0 Å². The van der Waals surface area contributed by atoms with Gasteiger partial charge in [0, 0.05) is 24.3 Å². The second kappa shape index (κ2) is 8.24. The van der Waals surface area contributed by atoms with Crippen LogP contribution in [0.15, 0.2) is 65.3 Å². The second-order valence-corrected chi connectivity index (χ2v) is 6.99. The van der Waals surface area contributed by atoms with Crippen molar-refractivity contribution in [3.8, 4) is 5.75 Å². The van der Waals surface area contributed by atoms with Gasteiger partial charge in [-0.1, -0.05) is 6.07 Å². The molecule has 2 aromatic carbocycles. The minimum atomic E-state index is -0.548. The topological polar surface area (TPSA) is 88.9 Å². The Bertz CT molecular complexity index is 1090. The molecule has 1 aliphatic heterocycles. The number of furan rings is 1. The van der Waals surface area contributed by atoms with Gasteiger partial charge in [0.05, 0.1) is 11.8 Å². The predicted octanol–water partition coefficient (Wildman–Crippen LogP) is 4.19. The number of hydrogen-bond acceptors (Lipinski definition) is 5. The third-order valence-corrected chi connectivity index (χ3v) is 4.90. The summed E-state index contributed by atoms with van der Waals surface area (Å²) in [7, 11) is 0. The first kappa shape index (κ1) is 19.4. The fourth-order valence-corrected chi connectivity index (χ4v) is 3.26. The summed E-state index contributed by atoms with van der Waals surface area (Å²) in [5.41, 5.74) is 2.38. The minimum Gasteiger partial charge on any atom is -0.459 e. The smallest absolute Gasteiger partial charge is 0.343 e. The van der Waals surface area contributed by atoms with Crippen molar-refractivity contribution in [2.24, 2.45) is 0 Å². The molecule has 7 heteroatoms. The number of carbonyl (C=O) groups is 3. The molecule has 2 heterocycles. The van der Waals surface area contributed by atoms with Crippen LogP contribution in [0.25, 0.3) is 0 Å². The molecule has 3 aromatic rings. The first-order chi connectivity index (χ1) is 14.5. The molecule has 30 heavy (non-hydrogen) atoms. The van der Waals surface area contributed by atoms with Crippen molar-refractivity contribution in [1.29, 1.82) is 0 Å². The van der Waals surface area contributed by atoms with E-state index in [1.54, 1.807) is 59.5 Å². The number of ether oxygens (including phenoxy) is 1. The van der Waals surface area contributed by atoms with Gasteiger partial charge < -0.3 is 19.4 Å². The Kier molecular flexibility index (Phi) is 5.34. The molecule has 1 saturated heterocycles. The van der Waals surface area contributed by atoms with Crippen LogP contribution in [0.5, 0.6) is 5.75 Å². The molecule has 1 aliphatic rings. The lowest BCUT2D eigenvalue weighted by Crippen LogP contribution is -2.23. The Morgan fingerprint density at radius 1 is 1.10 bits per heavy atom. The van der Waals surface area contributed by atoms with E-state index in [1.807, 2.05) is 6.92 Å². The number of anilines is 2. The average molecular weight is 404 g/mol. The molecule has 0 aliphatic carbocycles. The van der Waals surface area contributed by atoms with Gasteiger partial charge in [0.15, 0.2) is 5.76 Å². The number of nitrogens with one attached hydrogen (secondary N) is 1. The molecule has 1 fully saturated rings. The summed E-state index contributed by atoms with van der Waals surface area (Å²) in [6, 6.07) is 15.0. The van der Waals surface area contributed by atoms with Crippen molar-refractivity contribution in [3.63, 3.8) is 0 Å². The summed E-state index contributed by atoms with van der Waals surface area (Å²) in [5, 5.41) is 2.74. The van der Waals surface area contributed by atoms with Crippen molar-refractivity contribution in [2.75, 3.05) is 16.8 Å². The third kappa shape index (κ3) is 4.10. The van der Waals surface area contributed by atoms with E-state index in [0.29, 0.717) is 30.0 Å². The van der Waals surface area contributed by atoms with Crippen molar-refractivity contribution >= 4 is 29.2 Å². The van der Waals surface area contributed by atoms with E-state index in [-0.39, 0.29) is 11.7 Å². The number of rotatable bonds is 5. The maximum absolute atomic E-state index is 12.6. The molecular formula is C23H20N2O5. The highest BCUT2D eigenvalue weighted by atomic mass is 16.5. The highest BCUT2D eigenvalue weighted by molar-refractivity contribution is 6.03. The molecular weight excluding hydrogens is 384 g/mol. The van der Waals surface area contributed by atoms with Gasteiger partial charge in [-0.25, -0.2) is 4.79 Å². The number of esters is 1. The standard InChI is InChI=1S/C23H20N2O5/c1-15-6-7-16(14-19(15)24-22(27)20-4-3-13-29-20)23(28)30-18-10-8-17(9-11-18)25-12-2-5-21(25)26/h3-4,6-11,13-14H,2,5,12H2,1H3,(H,24,27). The van der Waals surface area contributed by atoms with Gasteiger partial charge in [-0.3, -0.25) is 9.59 Å². The first-order valence-electron chi connectivity index (χ1n) is 9.59. The minimum absolute atomic E-state index is 0.100. The Balaban J connectivity index is 1.45. The van der Waals surface area contributed by atoms with Crippen LogP contribution < -0.4 is 15.0 Å². The van der Waals surface area contributed by atoms with Crippen LogP contribution in [-0.4, -0.2) is 24.3 Å². The van der Waals surface area contributed by atoms with Gasteiger partial charge in [-0.05, 0) is 67.4 Å². The summed E-state index contributed by atoms with van der Waals surface area (Å²) >= 11 is 0. The highest BCUT2D eigenvalue weighted by Gasteiger charge is 2.21.